The van der Waals surface area contributed by atoms with Crippen molar-refractivity contribution in [3.63, 3.8) is 0 Å². The Bertz CT molecular complexity index is 436. The zero-order valence-electron chi connectivity index (χ0n) is 11.1. The lowest BCUT2D eigenvalue weighted by atomic mass is 9.89. The molecular formula is C14H20N4. The van der Waals surface area contributed by atoms with Gasteiger partial charge in [-0.25, -0.2) is 9.97 Å². The molecular weight excluding hydrogens is 224 g/mol. The molecule has 1 aromatic heterocycles. The first-order valence-electron chi connectivity index (χ1n) is 6.69. The highest BCUT2D eigenvalue weighted by Crippen LogP contribution is 2.25. The normalized spacial score (nSPS) is 20.6. The van der Waals surface area contributed by atoms with Gasteiger partial charge in [0.1, 0.15) is 11.8 Å². The number of rotatable bonds is 2. The van der Waals surface area contributed by atoms with E-state index in [0.717, 1.165) is 24.9 Å². The minimum atomic E-state index is 0.449. The smallest absolute Gasteiger partial charge is 0.226 e. The van der Waals surface area contributed by atoms with Gasteiger partial charge in [0.2, 0.25) is 5.95 Å². The number of hydrogen-bond acceptors (Lipinski definition) is 4. The lowest BCUT2D eigenvalue weighted by Gasteiger charge is -2.21. The Kier molecular flexibility index (Phi) is 4.14. The molecule has 1 atom stereocenters. The van der Waals surface area contributed by atoms with Crippen LogP contribution in [-0.2, 0) is 0 Å². The summed E-state index contributed by atoms with van der Waals surface area (Å²) < 4.78 is 0. The standard InChI is InChI=1S/C14H20N4/c1-11(2)12-4-3-8-18(9-6-12)14-16-7-5-13(10-15)17-14/h5,7,11-12H,3-4,6,8-9H2,1-2H3. The summed E-state index contributed by atoms with van der Waals surface area (Å²) in [5.74, 6) is 2.25. The molecule has 18 heavy (non-hydrogen) atoms. The molecule has 96 valence electrons. The maximum atomic E-state index is 8.87. The highest BCUT2D eigenvalue weighted by atomic mass is 15.2. The predicted octanol–water partition coefficient (Wildman–Crippen LogP) is 2.61. The van der Waals surface area contributed by atoms with Crippen LogP contribution in [0.2, 0.25) is 0 Å². The molecule has 4 heteroatoms. The molecule has 0 spiro atoms. The fourth-order valence-corrected chi connectivity index (χ4v) is 2.55. The topological polar surface area (TPSA) is 52.8 Å². The van der Waals surface area contributed by atoms with Crippen molar-refractivity contribution in [3.05, 3.63) is 18.0 Å². The molecule has 0 saturated carbocycles. The lowest BCUT2D eigenvalue weighted by Crippen LogP contribution is -2.26. The van der Waals surface area contributed by atoms with Crippen molar-refractivity contribution in [2.45, 2.75) is 33.1 Å². The van der Waals surface area contributed by atoms with E-state index in [1.165, 1.54) is 19.3 Å². The summed E-state index contributed by atoms with van der Waals surface area (Å²) >= 11 is 0. The summed E-state index contributed by atoms with van der Waals surface area (Å²) in [6.45, 7) is 6.59. The van der Waals surface area contributed by atoms with Crippen LogP contribution >= 0.6 is 0 Å². The van der Waals surface area contributed by atoms with Crippen molar-refractivity contribution in [3.8, 4) is 6.07 Å². The number of aromatic nitrogens is 2. The fraction of sp³-hybridized carbons (Fsp3) is 0.643. The van der Waals surface area contributed by atoms with Gasteiger partial charge < -0.3 is 4.90 Å². The van der Waals surface area contributed by atoms with Crippen LogP contribution in [0, 0.1) is 23.2 Å². The molecule has 2 rings (SSSR count). The van der Waals surface area contributed by atoms with E-state index in [1.807, 2.05) is 0 Å². The average molecular weight is 244 g/mol. The van der Waals surface area contributed by atoms with Crippen molar-refractivity contribution in [2.24, 2.45) is 11.8 Å². The van der Waals surface area contributed by atoms with Crippen LogP contribution in [0.1, 0.15) is 38.8 Å². The summed E-state index contributed by atoms with van der Waals surface area (Å²) in [6, 6.07) is 3.72. The zero-order valence-corrected chi connectivity index (χ0v) is 11.1. The van der Waals surface area contributed by atoms with Gasteiger partial charge in [-0.05, 0) is 37.2 Å². The molecule has 0 radical (unpaired) electrons. The summed E-state index contributed by atoms with van der Waals surface area (Å²) in [4.78, 5) is 10.8. The molecule has 1 unspecified atom stereocenters. The van der Waals surface area contributed by atoms with Gasteiger partial charge >= 0.3 is 0 Å². The van der Waals surface area contributed by atoms with Gasteiger partial charge in [0, 0.05) is 19.3 Å². The SMILES string of the molecule is CC(C)C1CCCN(c2nccc(C#N)n2)CC1. The monoisotopic (exact) mass is 244 g/mol. The number of nitrogens with zero attached hydrogens (tertiary/aromatic N) is 4. The molecule has 1 aromatic rings. The molecule has 1 aliphatic heterocycles. The van der Waals surface area contributed by atoms with Crippen LogP contribution in [0.25, 0.3) is 0 Å². The minimum absolute atomic E-state index is 0.449. The summed E-state index contributed by atoms with van der Waals surface area (Å²) in [7, 11) is 0. The first-order chi connectivity index (χ1) is 8.70. The molecule has 0 aromatic carbocycles. The fourth-order valence-electron chi connectivity index (χ4n) is 2.55. The number of anilines is 1. The van der Waals surface area contributed by atoms with Gasteiger partial charge in [-0.2, -0.15) is 5.26 Å². The van der Waals surface area contributed by atoms with Gasteiger partial charge in [-0.1, -0.05) is 13.8 Å². The van der Waals surface area contributed by atoms with Crippen LogP contribution in [0.3, 0.4) is 0 Å². The quantitative estimate of drug-likeness (QED) is 0.802. The third-order valence-electron chi connectivity index (χ3n) is 3.76. The van der Waals surface area contributed by atoms with E-state index in [0.29, 0.717) is 11.6 Å². The zero-order chi connectivity index (χ0) is 13.0. The van der Waals surface area contributed by atoms with E-state index in [-0.39, 0.29) is 0 Å². The van der Waals surface area contributed by atoms with Crippen LogP contribution in [-0.4, -0.2) is 23.1 Å². The van der Waals surface area contributed by atoms with E-state index in [4.69, 9.17) is 5.26 Å². The third kappa shape index (κ3) is 2.98. The molecule has 1 aliphatic rings. The average Bonchev–Trinajstić information content (AvgIpc) is 2.64. The Morgan fingerprint density at radius 1 is 1.39 bits per heavy atom. The molecule has 4 nitrogen and oxygen atoms in total. The van der Waals surface area contributed by atoms with E-state index in [9.17, 15) is 0 Å². The molecule has 0 aliphatic carbocycles. The van der Waals surface area contributed by atoms with Crippen molar-refractivity contribution in [1.82, 2.24) is 9.97 Å². The van der Waals surface area contributed by atoms with E-state index >= 15 is 0 Å². The van der Waals surface area contributed by atoms with Gasteiger partial charge in [-0.3, -0.25) is 0 Å². The van der Waals surface area contributed by atoms with Crippen LogP contribution in [0.15, 0.2) is 12.3 Å². The summed E-state index contributed by atoms with van der Waals surface area (Å²) in [6.07, 6.45) is 5.33. The second kappa shape index (κ2) is 5.81. The van der Waals surface area contributed by atoms with E-state index in [1.54, 1.807) is 12.3 Å². The Hall–Kier alpha value is -1.63. The largest absolute Gasteiger partial charge is 0.341 e. The number of hydrogen-bond donors (Lipinski definition) is 0. The Morgan fingerprint density at radius 3 is 2.94 bits per heavy atom. The highest BCUT2D eigenvalue weighted by molar-refractivity contribution is 5.33. The van der Waals surface area contributed by atoms with E-state index < -0.39 is 0 Å². The van der Waals surface area contributed by atoms with Crippen molar-refractivity contribution in [1.29, 1.82) is 5.26 Å². The maximum absolute atomic E-state index is 8.87. The maximum Gasteiger partial charge on any atom is 0.226 e. The molecule has 0 N–H and O–H groups in total. The van der Waals surface area contributed by atoms with Gasteiger partial charge in [0.25, 0.3) is 0 Å². The van der Waals surface area contributed by atoms with Crippen LogP contribution in [0.4, 0.5) is 5.95 Å². The number of nitriles is 1. The van der Waals surface area contributed by atoms with E-state index in [2.05, 4.69) is 34.8 Å². The van der Waals surface area contributed by atoms with Gasteiger partial charge in [0.15, 0.2) is 0 Å². The molecule has 1 saturated heterocycles. The van der Waals surface area contributed by atoms with Crippen molar-refractivity contribution in [2.75, 3.05) is 18.0 Å². The van der Waals surface area contributed by atoms with Crippen molar-refractivity contribution >= 4 is 5.95 Å². The highest BCUT2D eigenvalue weighted by Gasteiger charge is 2.20. The van der Waals surface area contributed by atoms with Crippen LogP contribution < -0.4 is 4.90 Å². The first kappa shape index (κ1) is 12.8. The molecule has 0 bridgehead atoms. The molecule has 0 amide bonds. The van der Waals surface area contributed by atoms with Gasteiger partial charge in [-0.15, -0.1) is 0 Å². The predicted molar refractivity (Wildman–Crippen MR) is 71.1 cm³/mol. The Labute approximate surface area is 109 Å². The first-order valence-corrected chi connectivity index (χ1v) is 6.69. The molecule has 1 fully saturated rings. The lowest BCUT2D eigenvalue weighted by molar-refractivity contribution is 0.351. The minimum Gasteiger partial charge on any atom is -0.341 e. The Morgan fingerprint density at radius 2 is 2.22 bits per heavy atom. The second-order valence-electron chi connectivity index (χ2n) is 5.28. The Balaban J connectivity index is 2.07. The van der Waals surface area contributed by atoms with Crippen molar-refractivity contribution < 1.29 is 0 Å². The molecule has 2 heterocycles. The van der Waals surface area contributed by atoms with Crippen LogP contribution in [0.5, 0.6) is 0 Å². The second-order valence-corrected chi connectivity index (χ2v) is 5.28. The summed E-state index contributed by atoms with van der Waals surface area (Å²) in [5, 5.41) is 8.87. The summed E-state index contributed by atoms with van der Waals surface area (Å²) in [5.41, 5.74) is 0.449. The van der Waals surface area contributed by atoms with Gasteiger partial charge in [0.05, 0.1) is 0 Å². The third-order valence-corrected chi connectivity index (χ3v) is 3.76.